The Labute approximate surface area is 85.6 Å². The molecule has 1 aliphatic rings. The molecule has 0 radical (unpaired) electrons. The van der Waals surface area contributed by atoms with Gasteiger partial charge >= 0.3 is 0 Å². The largest absolute Gasteiger partial charge is 0.327 e. The standard InChI is InChI=1S/C13H17N/c1-2-5-13(14)12-8-10-6-3-4-7-11(10)9-12/h2-4,6-7,12-13H,1,5,8-9,14H2. The predicted molar refractivity (Wildman–Crippen MR) is 60.1 cm³/mol. The molecule has 1 aromatic rings. The molecule has 0 fully saturated rings. The van der Waals surface area contributed by atoms with Gasteiger partial charge in [-0.15, -0.1) is 6.58 Å². The summed E-state index contributed by atoms with van der Waals surface area (Å²) in [5, 5.41) is 0. The summed E-state index contributed by atoms with van der Waals surface area (Å²) in [6.45, 7) is 3.74. The molecule has 1 nitrogen and oxygen atoms in total. The van der Waals surface area contributed by atoms with E-state index in [0.717, 1.165) is 19.3 Å². The molecule has 0 bridgehead atoms. The Hall–Kier alpha value is -1.08. The molecule has 0 aliphatic heterocycles. The summed E-state index contributed by atoms with van der Waals surface area (Å²) in [4.78, 5) is 0. The number of hydrogen-bond donors (Lipinski definition) is 1. The minimum absolute atomic E-state index is 0.278. The fourth-order valence-electron chi connectivity index (χ4n) is 2.28. The summed E-state index contributed by atoms with van der Waals surface area (Å²) < 4.78 is 0. The highest BCUT2D eigenvalue weighted by molar-refractivity contribution is 5.32. The average Bonchev–Trinajstić information content (AvgIpc) is 2.61. The number of fused-ring (bicyclic) bond motifs is 1. The maximum Gasteiger partial charge on any atom is 0.0108 e. The van der Waals surface area contributed by atoms with E-state index < -0.39 is 0 Å². The molecule has 0 saturated carbocycles. The molecule has 0 aromatic heterocycles. The van der Waals surface area contributed by atoms with Gasteiger partial charge < -0.3 is 5.73 Å². The molecular weight excluding hydrogens is 170 g/mol. The van der Waals surface area contributed by atoms with Crippen LogP contribution in [0.25, 0.3) is 0 Å². The Kier molecular flexibility index (Phi) is 2.69. The molecule has 0 saturated heterocycles. The zero-order valence-electron chi connectivity index (χ0n) is 8.45. The van der Waals surface area contributed by atoms with Crippen LogP contribution in [0.1, 0.15) is 17.5 Å². The maximum atomic E-state index is 6.10. The van der Waals surface area contributed by atoms with Crippen molar-refractivity contribution in [1.29, 1.82) is 0 Å². The normalized spacial score (nSPS) is 17.8. The van der Waals surface area contributed by atoms with Crippen LogP contribution in [0.4, 0.5) is 0 Å². The second-order valence-electron chi connectivity index (χ2n) is 4.13. The average molecular weight is 187 g/mol. The smallest absolute Gasteiger partial charge is 0.0108 e. The zero-order valence-corrected chi connectivity index (χ0v) is 8.45. The molecule has 74 valence electrons. The number of nitrogens with two attached hydrogens (primary N) is 1. The van der Waals surface area contributed by atoms with Crippen LogP contribution >= 0.6 is 0 Å². The van der Waals surface area contributed by atoms with Gasteiger partial charge in [-0.05, 0) is 36.3 Å². The van der Waals surface area contributed by atoms with E-state index in [9.17, 15) is 0 Å². The van der Waals surface area contributed by atoms with Crippen molar-refractivity contribution in [3.05, 3.63) is 48.0 Å². The molecule has 1 aliphatic carbocycles. The van der Waals surface area contributed by atoms with E-state index in [2.05, 4.69) is 30.8 Å². The van der Waals surface area contributed by atoms with Crippen LogP contribution in [0.15, 0.2) is 36.9 Å². The summed E-state index contributed by atoms with van der Waals surface area (Å²) in [5.74, 6) is 0.616. The third-order valence-corrected chi connectivity index (χ3v) is 3.13. The second-order valence-corrected chi connectivity index (χ2v) is 4.13. The van der Waals surface area contributed by atoms with Gasteiger partial charge in [0, 0.05) is 6.04 Å². The zero-order chi connectivity index (χ0) is 9.97. The maximum absolute atomic E-state index is 6.10. The van der Waals surface area contributed by atoms with Gasteiger partial charge in [0.2, 0.25) is 0 Å². The van der Waals surface area contributed by atoms with Gasteiger partial charge in [0.25, 0.3) is 0 Å². The van der Waals surface area contributed by atoms with Crippen LogP contribution in [-0.2, 0) is 12.8 Å². The molecule has 0 spiro atoms. The van der Waals surface area contributed by atoms with E-state index in [-0.39, 0.29) is 6.04 Å². The first kappa shape index (κ1) is 9.47. The lowest BCUT2D eigenvalue weighted by Gasteiger charge is -2.16. The van der Waals surface area contributed by atoms with Gasteiger partial charge in [0.05, 0.1) is 0 Å². The number of benzene rings is 1. The van der Waals surface area contributed by atoms with E-state index in [1.54, 1.807) is 0 Å². The van der Waals surface area contributed by atoms with Gasteiger partial charge in [-0.25, -0.2) is 0 Å². The van der Waals surface area contributed by atoms with Crippen molar-refractivity contribution in [3.63, 3.8) is 0 Å². The van der Waals surface area contributed by atoms with Gasteiger partial charge in [-0.3, -0.25) is 0 Å². The molecular formula is C13H17N. The van der Waals surface area contributed by atoms with Crippen LogP contribution in [0.2, 0.25) is 0 Å². The quantitative estimate of drug-likeness (QED) is 0.722. The minimum atomic E-state index is 0.278. The minimum Gasteiger partial charge on any atom is -0.327 e. The fraction of sp³-hybridized carbons (Fsp3) is 0.385. The number of rotatable bonds is 3. The van der Waals surface area contributed by atoms with E-state index in [0.29, 0.717) is 5.92 Å². The topological polar surface area (TPSA) is 26.0 Å². The first-order chi connectivity index (χ1) is 6.81. The SMILES string of the molecule is C=CCC(N)C1Cc2ccccc2C1. The highest BCUT2D eigenvalue weighted by Gasteiger charge is 2.25. The van der Waals surface area contributed by atoms with Crippen molar-refractivity contribution in [1.82, 2.24) is 0 Å². The Morgan fingerprint density at radius 3 is 2.43 bits per heavy atom. The van der Waals surface area contributed by atoms with Crippen LogP contribution in [0, 0.1) is 5.92 Å². The van der Waals surface area contributed by atoms with Gasteiger partial charge in [-0.1, -0.05) is 30.3 Å². The van der Waals surface area contributed by atoms with E-state index in [4.69, 9.17) is 5.73 Å². The van der Waals surface area contributed by atoms with Crippen molar-refractivity contribution in [2.24, 2.45) is 11.7 Å². The highest BCUT2D eigenvalue weighted by Crippen LogP contribution is 2.28. The summed E-state index contributed by atoms with van der Waals surface area (Å²) in [6.07, 6.45) is 5.14. The summed E-state index contributed by atoms with van der Waals surface area (Å²) in [6, 6.07) is 8.94. The van der Waals surface area contributed by atoms with Gasteiger partial charge in [0.15, 0.2) is 0 Å². The molecule has 1 heteroatoms. The lowest BCUT2D eigenvalue weighted by atomic mass is 9.95. The first-order valence-electron chi connectivity index (χ1n) is 5.24. The predicted octanol–water partition coefficient (Wildman–Crippen LogP) is 2.30. The molecule has 1 atom stereocenters. The fourth-order valence-corrected chi connectivity index (χ4v) is 2.28. The molecule has 2 N–H and O–H groups in total. The first-order valence-corrected chi connectivity index (χ1v) is 5.24. The lowest BCUT2D eigenvalue weighted by Crippen LogP contribution is -2.29. The Morgan fingerprint density at radius 1 is 1.36 bits per heavy atom. The van der Waals surface area contributed by atoms with Crippen molar-refractivity contribution < 1.29 is 0 Å². The lowest BCUT2D eigenvalue weighted by molar-refractivity contribution is 0.442. The van der Waals surface area contributed by atoms with Crippen molar-refractivity contribution in [2.45, 2.75) is 25.3 Å². The Balaban J connectivity index is 2.07. The molecule has 2 rings (SSSR count). The Morgan fingerprint density at radius 2 is 1.93 bits per heavy atom. The Bertz CT molecular complexity index is 305. The molecule has 0 heterocycles. The van der Waals surface area contributed by atoms with Gasteiger partial charge in [-0.2, -0.15) is 0 Å². The summed E-state index contributed by atoms with van der Waals surface area (Å²) in [7, 11) is 0. The number of hydrogen-bond acceptors (Lipinski definition) is 1. The molecule has 14 heavy (non-hydrogen) atoms. The molecule has 0 amide bonds. The second kappa shape index (κ2) is 3.97. The van der Waals surface area contributed by atoms with Crippen molar-refractivity contribution >= 4 is 0 Å². The monoisotopic (exact) mass is 187 g/mol. The van der Waals surface area contributed by atoms with Crippen LogP contribution in [0.3, 0.4) is 0 Å². The summed E-state index contributed by atoms with van der Waals surface area (Å²) >= 11 is 0. The van der Waals surface area contributed by atoms with Crippen molar-refractivity contribution in [3.8, 4) is 0 Å². The molecule has 1 aromatic carbocycles. The van der Waals surface area contributed by atoms with Crippen LogP contribution in [-0.4, -0.2) is 6.04 Å². The third-order valence-electron chi connectivity index (χ3n) is 3.13. The van der Waals surface area contributed by atoms with E-state index >= 15 is 0 Å². The third kappa shape index (κ3) is 1.73. The molecule has 1 unspecified atom stereocenters. The highest BCUT2D eigenvalue weighted by atomic mass is 14.6. The van der Waals surface area contributed by atoms with E-state index in [1.807, 2.05) is 6.08 Å². The van der Waals surface area contributed by atoms with Crippen LogP contribution in [0.5, 0.6) is 0 Å². The van der Waals surface area contributed by atoms with Gasteiger partial charge in [0.1, 0.15) is 0 Å². The van der Waals surface area contributed by atoms with Crippen molar-refractivity contribution in [2.75, 3.05) is 0 Å². The van der Waals surface area contributed by atoms with Crippen LogP contribution < -0.4 is 5.73 Å². The van der Waals surface area contributed by atoms with E-state index in [1.165, 1.54) is 11.1 Å². The summed E-state index contributed by atoms with van der Waals surface area (Å²) in [5.41, 5.74) is 9.06.